The molecule has 0 aliphatic carbocycles. The summed E-state index contributed by atoms with van der Waals surface area (Å²) in [5.41, 5.74) is 0. The second-order valence-corrected chi connectivity index (χ2v) is 17.1. The minimum atomic E-state index is -0.775. The van der Waals surface area contributed by atoms with Crippen molar-refractivity contribution in [3.8, 4) is 0 Å². The molecule has 1 unspecified atom stereocenters. The lowest BCUT2D eigenvalue weighted by Gasteiger charge is -2.18. The van der Waals surface area contributed by atoms with Gasteiger partial charge in [0.2, 0.25) is 0 Å². The molecule has 6 nitrogen and oxygen atoms in total. The molecule has 0 aromatic heterocycles. The minimum absolute atomic E-state index is 0.0763. The zero-order valence-electron chi connectivity index (χ0n) is 39.3. The third-order valence-corrected chi connectivity index (χ3v) is 11.1. The Morgan fingerprint density at radius 1 is 0.356 bits per heavy atom. The standard InChI is InChI=1S/C53H96O6/c1-4-7-10-13-16-19-22-25-27-29-31-34-37-40-43-46-52(55)58-49-50(48-57-51(54)45-42-39-36-33-30-24-21-18-15-12-9-6-3)59-53(56)47-44-41-38-35-32-28-26-23-20-17-14-11-8-5-2/h9,12,18-19,21-22,50H,4-8,10-11,13-17,20,23-49H2,1-3H3/b12-9-,21-18-,22-19-. The maximum absolute atomic E-state index is 12.8. The number of hydrogen-bond donors (Lipinski definition) is 0. The molecule has 0 aromatic rings. The van der Waals surface area contributed by atoms with Crippen LogP contribution < -0.4 is 0 Å². The summed E-state index contributed by atoms with van der Waals surface area (Å²) in [6.45, 7) is 6.52. The van der Waals surface area contributed by atoms with Crippen molar-refractivity contribution in [3.63, 3.8) is 0 Å². The van der Waals surface area contributed by atoms with Crippen molar-refractivity contribution in [1.82, 2.24) is 0 Å². The molecule has 0 rings (SSSR count). The first kappa shape index (κ1) is 56.6. The molecule has 0 bridgehead atoms. The van der Waals surface area contributed by atoms with Gasteiger partial charge in [0.25, 0.3) is 0 Å². The van der Waals surface area contributed by atoms with Gasteiger partial charge in [0.15, 0.2) is 6.10 Å². The van der Waals surface area contributed by atoms with Crippen LogP contribution in [0.2, 0.25) is 0 Å². The lowest BCUT2D eigenvalue weighted by molar-refractivity contribution is -0.167. The van der Waals surface area contributed by atoms with Crippen LogP contribution in [0, 0.1) is 0 Å². The quantitative estimate of drug-likeness (QED) is 0.0263. The third-order valence-electron chi connectivity index (χ3n) is 11.1. The molecule has 0 saturated carbocycles. The van der Waals surface area contributed by atoms with Gasteiger partial charge in [-0.25, -0.2) is 0 Å². The van der Waals surface area contributed by atoms with Crippen molar-refractivity contribution in [1.29, 1.82) is 0 Å². The molecule has 0 fully saturated rings. The number of ether oxygens (including phenoxy) is 3. The topological polar surface area (TPSA) is 78.9 Å². The van der Waals surface area contributed by atoms with Crippen LogP contribution in [-0.4, -0.2) is 37.2 Å². The van der Waals surface area contributed by atoms with E-state index < -0.39 is 6.10 Å². The summed E-state index contributed by atoms with van der Waals surface area (Å²) >= 11 is 0. The summed E-state index contributed by atoms with van der Waals surface area (Å²) in [5, 5.41) is 0. The number of hydrogen-bond acceptors (Lipinski definition) is 6. The molecule has 0 amide bonds. The van der Waals surface area contributed by atoms with Gasteiger partial charge in [-0.1, -0.05) is 211 Å². The number of esters is 3. The fraction of sp³-hybridized carbons (Fsp3) is 0.830. The average molecular weight is 829 g/mol. The number of carbonyl (C=O) groups excluding carboxylic acids is 3. The summed E-state index contributed by atoms with van der Waals surface area (Å²) < 4.78 is 16.8. The van der Waals surface area contributed by atoms with E-state index in [0.29, 0.717) is 19.3 Å². The van der Waals surface area contributed by atoms with E-state index in [4.69, 9.17) is 14.2 Å². The van der Waals surface area contributed by atoms with Crippen molar-refractivity contribution < 1.29 is 28.6 Å². The van der Waals surface area contributed by atoms with Gasteiger partial charge < -0.3 is 14.2 Å². The van der Waals surface area contributed by atoms with E-state index in [-0.39, 0.29) is 31.1 Å². The highest BCUT2D eigenvalue weighted by atomic mass is 16.6. The second-order valence-electron chi connectivity index (χ2n) is 17.1. The lowest BCUT2D eigenvalue weighted by atomic mass is 10.0. The van der Waals surface area contributed by atoms with Crippen LogP contribution in [0.5, 0.6) is 0 Å². The van der Waals surface area contributed by atoms with Gasteiger partial charge in [-0.2, -0.15) is 0 Å². The van der Waals surface area contributed by atoms with E-state index in [0.717, 1.165) is 83.5 Å². The first-order valence-electron chi connectivity index (χ1n) is 25.5. The summed E-state index contributed by atoms with van der Waals surface area (Å²) in [6, 6.07) is 0. The second kappa shape index (κ2) is 48.3. The van der Waals surface area contributed by atoms with Crippen LogP contribution in [0.1, 0.15) is 265 Å². The molecule has 0 saturated heterocycles. The van der Waals surface area contributed by atoms with E-state index >= 15 is 0 Å². The third kappa shape index (κ3) is 46.5. The zero-order valence-corrected chi connectivity index (χ0v) is 39.3. The Kier molecular flexibility index (Phi) is 46.4. The Morgan fingerprint density at radius 3 is 1.05 bits per heavy atom. The van der Waals surface area contributed by atoms with E-state index in [2.05, 4.69) is 57.2 Å². The molecule has 59 heavy (non-hydrogen) atoms. The van der Waals surface area contributed by atoms with Crippen LogP contribution in [0.15, 0.2) is 36.5 Å². The molecule has 0 heterocycles. The zero-order chi connectivity index (χ0) is 43.0. The molecule has 0 aliphatic heterocycles. The van der Waals surface area contributed by atoms with E-state index in [9.17, 15) is 14.4 Å². The van der Waals surface area contributed by atoms with Gasteiger partial charge >= 0.3 is 17.9 Å². The molecule has 1 atom stereocenters. The molecule has 0 aromatic carbocycles. The molecular formula is C53H96O6. The maximum Gasteiger partial charge on any atom is 0.306 e. The molecule has 0 spiro atoms. The Hall–Kier alpha value is -2.37. The minimum Gasteiger partial charge on any atom is -0.462 e. The van der Waals surface area contributed by atoms with E-state index in [1.54, 1.807) is 0 Å². The SMILES string of the molecule is CC/C=C\C/C=C\CCCCCCCC(=O)OCC(COC(=O)CCCCCCCCC/C=C\CCCCCC)OC(=O)CCCCCCCCCCCCCCCC. The van der Waals surface area contributed by atoms with Crippen molar-refractivity contribution in [2.75, 3.05) is 13.2 Å². The van der Waals surface area contributed by atoms with Crippen LogP contribution in [0.4, 0.5) is 0 Å². The Bertz CT molecular complexity index is 1000. The lowest BCUT2D eigenvalue weighted by Crippen LogP contribution is -2.30. The van der Waals surface area contributed by atoms with Gasteiger partial charge in [-0.3, -0.25) is 14.4 Å². The highest BCUT2D eigenvalue weighted by Gasteiger charge is 2.19. The highest BCUT2D eigenvalue weighted by Crippen LogP contribution is 2.15. The molecule has 0 aliphatic rings. The Labute approximate surface area is 365 Å². The molecule has 0 N–H and O–H groups in total. The fourth-order valence-corrected chi connectivity index (χ4v) is 7.30. The fourth-order valence-electron chi connectivity index (χ4n) is 7.30. The van der Waals surface area contributed by atoms with E-state index in [1.165, 1.54) is 141 Å². The summed E-state index contributed by atoms with van der Waals surface area (Å²) in [7, 11) is 0. The maximum atomic E-state index is 12.8. The van der Waals surface area contributed by atoms with Gasteiger partial charge in [-0.15, -0.1) is 0 Å². The summed E-state index contributed by atoms with van der Waals surface area (Å²) in [4.78, 5) is 37.9. The predicted octanol–water partition coefficient (Wildman–Crippen LogP) is 16.5. The number of rotatable bonds is 46. The molecule has 0 radical (unpaired) electrons. The Balaban J connectivity index is 4.36. The largest absolute Gasteiger partial charge is 0.462 e. The van der Waals surface area contributed by atoms with Crippen molar-refractivity contribution in [3.05, 3.63) is 36.5 Å². The normalized spacial score (nSPS) is 12.3. The van der Waals surface area contributed by atoms with Crippen molar-refractivity contribution in [2.24, 2.45) is 0 Å². The summed E-state index contributed by atoms with van der Waals surface area (Å²) in [5.74, 6) is -0.886. The van der Waals surface area contributed by atoms with Gasteiger partial charge in [-0.05, 0) is 70.6 Å². The predicted molar refractivity (Wildman–Crippen MR) is 252 cm³/mol. The van der Waals surface area contributed by atoms with Crippen LogP contribution in [-0.2, 0) is 28.6 Å². The number of unbranched alkanes of at least 4 members (excludes halogenated alkanes) is 29. The van der Waals surface area contributed by atoms with Gasteiger partial charge in [0.1, 0.15) is 13.2 Å². The molecular weight excluding hydrogens is 733 g/mol. The smallest absolute Gasteiger partial charge is 0.306 e. The van der Waals surface area contributed by atoms with Crippen molar-refractivity contribution in [2.45, 2.75) is 271 Å². The number of carbonyl (C=O) groups is 3. The first-order chi connectivity index (χ1) is 29.0. The van der Waals surface area contributed by atoms with E-state index in [1.807, 2.05) is 0 Å². The molecule has 6 heteroatoms. The summed E-state index contributed by atoms with van der Waals surface area (Å²) in [6.07, 6.45) is 55.5. The molecule has 344 valence electrons. The average Bonchev–Trinajstić information content (AvgIpc) is 3.23. The number of allylic oxidation sites excluding steroid dienone is 6. The monoisotopic (exact) mass is 829 g/mol. The van der Waals surface area contributed by atoms with Gasteiger partial charge in [0.05, 0.1) is 0 Å². The van der Waals surface area contributed by atoms with Gasteiger partial charge in [0, 0.05) is 19.3 Å². The van der Waals surface area contributed by atoms with Crippen LogP contribution >= 0.6 is 0 Å². The Morgan fingerprint density at radius 2 is 0.661 bits per heavy atom. The van der Waals surface area contributed by atoms with Crippen molar-refractivity contribution >= 4 is 17.9 Å². The first-order valence-corrected chi connectivity index (χ1v) is 25.5. The van der Waals surface area contributed by atoms with Crippen LogP contribution in [0.3, 0.4) is 0 Å². The highest BCUT2D eigenvalue weighted by molar-refractivity contribution is 5.71. The van der Waals surface area contributed by atoms with Crippen LogP contribution in [0.25, 0.3) is 0 Å².